The normalized spacial score (nSPS) is 12.0. The molecule has 1 unspecified atom stereocenters. The molecule has 0 saturated carbocycles. The molecule has 0 radical (unpaired) electrons. The van der Waals surface area contributed by atoms with E-state index in [-0.39, 0.29) is 6.61 Å². The second-order valence-corrected chi connectivity index (χ2v) is 7.74. The molecule has 3 N–H and O–H groups in total. The lowest BCUT2D eigenvalue weighted by Gasteiger charge is -2.14. The Morgan fingerprint density at radius 2 is 1.76 bits per heavy atom. The first-order valence-electron chi connectivity index (χ1n) is 10.9. The molecule has 7 nitrogen and oxygen atoms in total. The van der Waals surface area contributed by atoms with Gasteiger partial charge in [-0.3, -0.25) is 0 Å². The van der Waals surface area contributed by atoms with Crippen molar-refractivity contribution in [2.45, 2.75) is 12.5 Å². The Bertz CT molecular complexity index is 1140. The minimum absolute atomic E-state index is 0.216. The summed E-state index contributed by atoms with van der Waals surface area (Å²) >= 11 is 0. The number of fused-ring (bicyclic) bond motifs is 1. The van der Waals surface area contributed by atoms with Crippen molar-refractivity contribution in [3.05, 3.63) is 72.3 Å². The Labute approximate surface area is 193 Å². The number of benzene rings is 3. The fraction of sp³-hybridized carbons (Fsp3) is 0.269. The predicted molar refractivity (Wildman–Crippen MR) is 129 cm³/mol. The third-order valence-electron chi connectivity index (χ3n) is 5.38. The fourth-order valence-corrected chi connectivity index (χ4v) is 3.59. The Kier molecular flexibility index (Phi) is 7.44. The van der Waals surface area contributed by atoms with Gasteiger partial charge >= 0.3 is 0 Å². The number of para-hydroxylation sites is 2. The van der Waals surface area contributed by atoms with Crippen LogP contribution in [0, 0.1) is 0 Å². The Balaban J connectivity index is 1.20. The van der Waals surface area contributed by atoms with Crippen molar-refractivity contribution in [3.8, 4) is 28.6 Å². The smallest absolute Gasteiger partial charge is 0.160 e. The van der Waals surface area contributed by atoms with E-state index in [2.05, 4.69) is 15.3 Å². The highest BCUT2D eigenvalue weighted by atomic mass is 16.5. The number of methoxy groups -OCH3 is 2. The van der Waals surface area contributed by atoms with Gasteiger partial charge in [0.05, 0.1) is 25.3 Å². The molecule has 7 heteroatoms. The largest absolute Gasteiger partial charge is 0.493 e. The molecular weight excluding hydrogens is 418 g/mol. The van der Waals surface area contributed by atoms with Gasteiger partial charge in [-0.2, -0.15) is 0 Å². The molecule has 0 amide bonds. The van der Waals surface area contributed by atoms with Gasteiger partial charge in [0.15, 0.2) is 11.5 Å². The summed E-state index contributed by atoms with van der Waals surface area (Å²) in [5, 5.41) is 13.5. The summed E-state index contributed by atoms with van der Waals surface area (Å²) in [5.74, 6) is 2.96. The molecule has 0 fully saturated rings. The highest BCUT2D eigenvalue weighted by molar-refractivity contribution is 5.79. The molecule has 0 aliphatic carbocycles. The van der Waals surface area contributed by atoms with E-state index in [1.807, 2.05) is 66.7 Å². The summed E-state index contributed by atoms with van der Waals surface area (Å²) in [7, 11) is 3.25. The van der Waals surface area contributed by atoms with Crippen molar-refractivity contribution >= 4 is 11.0 Å². The van der Waals surface area contributed by atoms with Gasteiger partial charge in [0, 0.05) is 12.1 Å². The van der Waals surface area contributed by atoms with E-state index < -0.39 is 6.10 Å². The van der Waals surface area contributed by atoms with Crippen LogP contribution in [0.3, 0.4) is 0 Å². The van der Waals surface area contributed by atoms with Crippen molar-refractivity contribution in [2.75, 3.05) is 33.9 Å². The number of ether oxygens (including phenoxy) is 3. The number of rotatable bonds is 11. The first kappa shape index (κ1) is 22.6. The molecule has 4 rings (SSSR count). The number of aromatic amines is 1. The monoisotopic (exact) mass is 447 g/mol. The molecule has 1 aromatic heterocycles. The zero-order valence-electron chi connectivity index (χ0n) is 18.9. The van der Waals surface area contributed by atoms with E-state index in [4.69, 9.17) is 14.2 Å². The van der Waals surface area contributed by atoms with E-state index in [9.17, 15) is 5.11 Å². The second-order valence-electron chi connectivity index (χ2n) is 7.74. The molecule has 0 aliphatic rings. The lowest BCUT2D eigenvalue weighted by Crippen LogP contribution is -2.32. The van der Waals surface area contributed by atoms with Gasteiger partial charge in [-0.15, -0.1) is 0 Å². The van der Waals surface area contributed by atoms with Gasteiger partial charge in [0.2, 0.25) is 0 Å². The van der Waals surface area contributed by atoms with Gasteiger partial charge < -0.3 is 29.6 Å². The summed E-state index contributed by atoms with van der Waals surface area (Å²) < 4.78 is 16.3. The molecule has 33 heavy (non-hydrogen) atoms. The molecule has 0 spiro atoms. The van der Waals surface area contributed by atoms with Crippen LogP contribution in [-0.2, 0) is 6.42 Å². The third kappa shape index (κ3) is 5.83. The summed E-state index contributed by atoms with van der Waals surface area (Å²) in [5.41, 5.74) is 4.07. The predicted octanol–water partition coefficient (Wildman–Crippen LogP) is 3.82. The minimum atomic E-state index is -0.606. The van der Waals surface area contributed by atoms with Crippen molar-refractivity contribution in [2.24, 2.45) is 0 Å². The molecule has 3 aromatic carbocycles. The maximum Gasteiger partial charge on any atom is 0.160 e. The van der Waals surface area contributed by atoms with Gasteiger partial charge in [0.1, 0.15) is 24.3 Å². The lowest BCUT2D eigenvalue weighted by molar-refractivity contribution is 0.106. The van der Waals surface area contributed by atoms with Crippen LogP contribution in [0.15, 0.2) is 66.7 Å². The Hall–Kier alpha value is -3.55. The summed E-state index contributed by atoms with van der Waals surface area (Å²) in [6.45, 7) is 1.40. The molecular formula is C26H29N3O4. The molecule has 1 atom stereocenters. The fourth-order valence-electron chi connectivity index (χ4n) is 3.59. The highest BCUT2D eigenvalue weighted by Gasteiger charge is 2.08. The SMILES string of the molecule is COc1ccc(CCNCC(O)COc2ccc(-c3nc4ccccc4[nH]3)cc2)cc1OC. The number of nitrogens with zero attached hydrogens (tertiary/aromatic N) is 1. The lowest BCUT2D eigenvalue weighted by atomic mass is 10.1. The van der Waals surface area contributed by atoms with Crippen LogP contribution in [0.4, 0.5) is 0 Å². The maximum atomic E-state index is 10.2. The van der Waals surface area contributed by atoms with Crippen LogP contribution in [0.5, 0.6) is 17.2 Å². The topological polar surface area (TPSA) is 88.6 Å². The van der Waals surface area contributed by atoms with Crippen molar-refractivity contribution in [1.29, 1.82) is 0 Å². The van der Waals surface area contributed by atoms with Gasteiger partial charge in [-0.05, 0) is 67.1 Å². The number of H-pyrrole nitrogens is 1. The Morgan fingerprint density at radius 3 is 2.52 bits per heavy atom. The zero-order chi connectivity index (χ0) is 23.0. The van der Waals surface area contributed by atoms with E-state index >= 15 is 0 Å². The quantitative estimate of drug-likeness (QED) is 0.303. The van der Waals surface area contributed by atoms with Crippen LogP contribution >= 0.6 is 0 Å². The number of hydrogen-bond donors (Lipinski definition) is 3. The molecule has 0 bridgehead atoms. The number of imidazole rings is 1. The number of hydrogen-bond acceptors (Lipinski definition) is 6. The van der Waals surface area contributed by atoms with E-state index in [1.165, 1.54) is 0 Å². The summed E-state index contributed by atoms with van der Waals surface area (Å²) in [6, 6.07) is 21.5. The molecule has 0 saturated heterocycles. The first-order chi connectivity index (χ1) is 16.2. The number of aromatic nitrogens is 2. The maximum absolute atomic E-state index is 10.2. The van der Waals surface area contributed by atoms with Crippen LogP contribution < -0.4 is 19.5 Å². The standard InChI is InChI=1S/C26H29N3O4/c1-31-24-12-7-18(15-25(24)32-2)13-14-27-16-20(30)17-33-21-10-8-19(9-11-21)26-28-22-5-3-4-6-23(22)29-26/h3-12,15,20,27,30H,13-14,16-17H2,1-2H3,(H,28,29). The minimum Gasteiger partial charge on any atom is -0.493 e. The van der Waals surface area contributed by atoms with Crippen LogP contribution in [0.25, 0.3) is 22.4 Å². The van der Waals surface area contributed by atoms with Crippen molar-refractivity contribution in [1.82, 2.24) is 15.3 Å². The molecule has 172 valence electrons. The summed E-state index contributed by atoms with van der Waals surface area (Å²) in [4.78, 5) is 7.93. The van der Waals surface area contributed by atoms with E-state index in [1.54, 1.807) is 14.2 Å². The van der Waals surface area contributed by atoms with Crippen LogP contribution in [0.1, 0.15) is 5.56 Å². The third-order valence-corrected chi connectivity index (χ3v) is 5.38. The van der Waals surface area contributed by atoms with Gasteiger partial charge in [0.25, 0.3) is 0 Å². The Morgan fingerprint density at radius 1 is 0.970 bits per heavy atom. The van der Waals surface area contributed by atoms with Gasteiger partial charge in [-0.25, -0.2) is 4.98 Å². The zero-order valence-corrected chi connectivity index (χ0v) is 18.9. The van der Waals surface area contributed by atoms with E-state index in [0.29, 0.717) is 18.0 Å². The molecule has 1 heterocycles. The average molecular weight is 448 g/mol. The van der Waals surface area contributed by atoms with Crippen molar-refractivity contribution < 1.29 is 19.3 Å². The number of aliphatic hydroxyl groups is 1. The molecule has 0 aliphatic heterocycles. The average Bonchev–Trinajstić information content (AvgIpc) is 3.30. The summed E-state index contributed by atoms with van der Waals surface area (Å²) in [6.07, 6.45) is 0.211. The second kappa shape index (κ2) is 10.8. The van der Waals surface area contributed by atoms with Crippen LogP contribution in [-0.4, -0.2) is 55.1 Å². The van der Waals surface area contributed by atoms with Crippen LogP contribution in [0.2, 0.25) is 0 Å². The number of aliphatic hydroxyl groups excluding tert-OH is 1. The van der Waals surface area contributed by atoms with Crippen molar-refractivity contribution in [3.63, 3.8) is 0 Å². The highest BCUT2D eigenvalue weighted by Crippen LogP contribution is 2.27. The van der Waals surface area contributed by atoms with Gasteiger partial charge in [-0.1, -0.05) is 18.2 Å². The van der Waals surface area contributed by atoms with E-state index in [0.717, 1.165) is 46.7 Å². The molecule has 4 aromatic rings. The number of nitrogens with one attached hydrogen (secondary N) is 2. The first-order valence-corrected chi connectivity index (χ1v) is 10.9.